The smallest absolute Gasteiger partial charge is 0.241 e. The van der Waals surface area contributed by atoms with Crippen molar-refractivity contribution in [3.8, 4) is 0 Å². The first kappa shape index (κ1) is 17.0. The quantitative estimate of drug-likeness (QED) is 0.839. The van der Waals surface area contributed by atoms with Gasteiger partial charge in [-0.1, -0.05) is 26.7 Å². The van der Waals surface area contributed by atoms with Crippen molar-refractivity contribution in [2.24, 2.45) is 23.0 Å². The highest BCUT2D eigenvalue weighted by Crippen LogP contribution is 2.57. The number of ether oxygens (including phenoxy) is 1. The highest BCUT2D eigenvalue weighted by molar-refractivity contribution is 5.89. The molecule has 0 bridgehead atoms. The van der Waals surface area contributed by atoms with Crippen LogP contribution in [0.15, 0.2) is 0 Å². The van der Waals surface area contributed by atoms with E-state index in [1.807, 2.05) is 0 Å². The molecule has 3 N–H and O–H groups in total. The van der Waals surface area contributed by atoms with E-state index < -0.39 is 5.54 Å². The van der Waals surface area contributed by atoms with Crippen molar-refractivity contribution in [2.75, 3.05) is 13.2 Å². The second-order valence-corrected chi connectivity index (χ2v) is 7.49. The summed E-state index contributed by atoms with van der Waals surface area (Å²) in [4.78, 5) is 12.7. The lowest BCUT2D eigenvalue weighted by atomic mass is 9.46. The van der Waals surface area contributed by atoms with E-state index in [0.717, 1.165) is 26.0 Å². The van der Waals surface area contributed by atoms with Crippen molar-refractivity contribution in [1.29, 1.82) is 0 Å². The van der Waals surface area contributed by atoms with Gasteiger partial charge in [-0.25, -0.2) is 0 Å². The maximum atomic E-state index is 12.7. The number of amides is 1. The summed E-state index contributed by atoms with van der Waals surface area (Å²) in [6, 6.07) is 0. The first-order chi connectivity index (χ1) is 9.48. The van der Waals surface area contributed by atoms with E-state index in [4.69, 9.17) is 10.5 Å². The lowest BCUT2D eigenvalue weighted by Gasteiger charge is -2.65. The van der Waals surface area contributed by atoms with Crippen molar-refractivity contribution in [1.82, 2.24) is 5.32 Å². The minimum atomic E-state index is -0.753. The van der Waals surface area contributed by atoms with Gasteiger partial charge in [0, 0.05) is 24.5 Å². The third kappa shape index (κ3) is 2.49. The summed E-state index contributed by atoms with van der Waals surface area (Å²) in [6.07, 6.45) is 7.29. The van der Waals surface area contributed by atoms with Crippen molar-refractivity contribution < 1.29 is 9.53 Å². The second kappa shape index (κ2) is 6.05. The standard InChI is InChI=1S/C16H28N2O2.ClH/c1-15(2)13-12(8-5-9-20-13)16(15,17)14(19)18-10-11-6-3-4-7-11;/h11-13H,3-10,17H2,1-2H3,(H,18,19);1H. The Balaban J connectivity index is 0.00000161. The van der Waals surface area contributed by atoms with Gasteiger partial charge in [0.25, 0.3) is 0 Å². The van der Waals surface area contributed by atoms with E-state index >= 15 is 0 Å². The highest BCUT2D eigenvalue weighted by atomic mass is 35.5. The Morgan fingerprint density at radius 1 is 1.24 bits per heavy atom. The molecule has 1 heterocycles. The molecule has 0 aromatic carbocycles. The van der Waals surface area contributed by atoms with Crippen LogP contribution >= 0.6 is 12.4 Å². The molecule has 3 atom stereocenters. The summed E-state index contributed by atoms with van der Waals surface area (Å²) in [5, 5.41) is 3.14. The third-order valence-corrected chi connectivity index (χ3v) is 6.09. The maximum Gasteiger partial charge on any atom is 0.241 e. The molecule has 122 valence electrons. The monoisotopic (exact) mass is 316 g/mol. The van der Waals surface area contributed by atoms with E-state index in [0.29, 0.717) is 5.92 Å². The third-order valence-electron chi connectivity index (χ3n) is 6.09. The Hall–Kier alpha value is -0.320. The zero-order chi connectivity index (χ0) is 14.4. The fourth-order valence-corrected chi connectivity index (χ4v) is 4.63. The molecule has 3 aliphatic rings. The molecule has 2 saturated carbocycles. The van der Waals surface area contributed by atoms with Crippen LogP contribution in [0.1, 0.15) is 52.4 Å². The molecular formula is C16H29ClN2O2. The molecule has 3 unspecified atom stereocenters. The van der Waals surface area contributed by atoms with Crippen LogP contribution in [0.5, 0.6) is 0 Å². The molecule has 1 amide bonds. The van der Waals surface area contributed by atoms with E-state index in [9.17, 15) is 4.79 Å². The Kier molecular flexibility index (Phi) is 4.91. The number of nitrogens with two attached hydrogens (primary N) is 1. The van der Waals surface area contributed by atoms with Gasteiger partial charge in [0.2, 0.25) is 5.91 Å². The Labute approximate surface area is 134 Å². The first-order valence-electron chi connectivity index (χ1n) is 8.16. The SMILES string of the molecule is CC1(C)C2OCCCC2C1(N)C(=O)NCC1CCCC1.Cl. The molecule has 3 fully saturated rings. The van der Waals surface area contributed by atoms with Crippen molar-refractivity contribution in [3.63, 3.8) is 0 Å². The summed E-state index contributed by atoms with van der Waals surface area (Å²) in [7, 11) is 0. The number of halogens is 1. The average Bonchev–Trinajstić information content (AvgIpc) is 2.97. The lowest BCUT2D eigenvalue weighted by molar-refractivity contribution is -0.225. The van der Waals surface area contributed by atoms with Gasteiger partial charge in [0.15, 0.2) is 0 Å². The summed E-state index contributed by atoms with van der Waals surface area (Å²) in [5.41, 5.74) is 5.55. The van der Waals surface area contributed by atoms with Crippen LogP contribution in [0.2, 0.25) is 0 Å². The number of fused-ring (bicyclic) bond motifs is 1. The van der Waals surface area contributed by atoms with Crippen molar-refractivity contribution in [3.05, 3.63) is 0 Å². The lowest BCUT2D eigenvalue weighted by Crippen LogP contribution is -2.82. The normalized spacial score (nSPS) is 38.0. The number of hydrogen-bond acceptors (Lipinski definition) is 3. The van der Waals surface area contributed by atoms with Gasteiger partial charge >= 0.3 is 0 Å². The van der Waals surface area contributed by atoms with Crippen LogP contribution in [-0.4, -0.2) is 30.7 Å². The zero-order valence-electron chi connectivity index (χ0n) is 13.2. The van der Waals surface area contributed by atoms with Crippen LogP contribution in [0.3, 0.4) is 0 Å². The van der Waals surface area contributed by atoms with Crippen LogP contribution in [0.4, 0.5) is 0 Å². The van der Waals surface area contributed by atoms with Gasteiger partial charge in [-0.2, -0.15) is 0 Å². The van der Waals surface area contributed by atoms with Gasteiger partial charge < -0.3 is 15.8 Å². The number of carbonyl (C=O) groups excluding carboxylic acids is 1. The number of nitrogens with one attached hydrogen (secondary N) is 1. The number of carbonyl (C=O) groups is 1. The fraction of sp³-hybridized carbons (Fsp3) is 0.938. The Bertz CT molecular complexity index is 396. The minimum Gasteiger partial charge on any atom is -0.377 e. The molecule has 21 heavy (non-hydrogen) atoms. The van der Waals surface area contributed by atoms with Crippen molar-refractivity contribution >= 4 is 18.3 Å². The summed E-state index contributed by atoms with van der Waals surface area (Å²) < 4.78 is 5.86. The Morgan fingerprint density at radius 2 is 1.90 bits per heavy atom. The summed E-state index contributed by atoms with van der Waals surface area (Å²) in [5.74, 6) is 0.889. The van der Waals surface area contributed by atoms with E-state index in [-0.39, 0.29) is 35.8 Å². The van der Waals surface area contributed by atoms with Crippen LogP contribution in [0, 0.1) is 17.3 Å². The maximum absolute atomic E-state index is 12.7. The molecule has 2 aliphatic carbocycles. The summed E-state index contributed by atoms with van der Waals surface area (Å²) >= 11 is 0. The van der Waals surface area contributed by atoms with Crippen molar-refractivity contribution in [2.45, 2.75) is 64.0 Å². The molecule has 4 nitrogen and oxygen atoms in total. The molecule has 0 radical (unpaired) electrons. The van der Waals surface area contributed by atoms with Gasteiger partial charge in [-0.3, -0.25) is 4.79 Å². The molecular weight excluding hydrogens is 288 g/mol. The van der Waals surface area contributed by atoms with Gasteiger partial charge in [-0.05, 0) is 31.6 Å². The van der Waals surface area contributed by atoms with Crippen LogP contribution in [-0.2, 0) is 9.53 Å². The first-order valence-corrected chi connectivity index (χ1v) is 8.16. The van der Waals surface area contributed by atoms with Gasteiger partial charge in [-0.15, -0.1) is 12.4 Å². The molecule has 3 rings (SSSR count). The predicted molar refractivity (Wildman–Crippen MR) is 85.4 cm³/mol. The average molecular weight is 317 g/mol. The number of hydrogen-bond donors (Lipinski definition) is 2. The van der Waals surface area contributed by atoms with E-state index in [1.165, 1.54) is 25.7 Å². The topological polar surface area (TPSA) is 64.3 Å². The van der Waals surface area contributed by atoms with E-state index in [1.54, 1.807) is 0 Å². The van der Waals surface area contributed by atoms with Crippen LogP contribution in [0.25, 0.3) is 0 Å². The second-order valence-electron chi connectivity index (χ2n) is 7.49. The molecule has 1 saturated heterocycles. The minimum absolute atomic E-state index is 0. The number of rotatable bonds is 3. The van der Waals surface area contributed by atoms with Gasteiger partial charge in [0.05, 0.1) is 6.10 Å². The van der Waals surface area contributed by atoms with Crippen LogP contribution < -0.4 is 11.1 Å². The molecule has 0 spiro atoms. The predicted octanol–water partition coefficient (Wildman–Crippen LogP) is 2.25. The fourth-order valence-electron chi connectivity index (χ4n) is 4.63. The molecule has 0 aromatic rings. The van der Waals surface area contributed by atoms with Gasteiger partial charge in [0.1, 0.15) is 5.54 Å². The molecule has 5 heteroatoms. The molecule has 1 aliphatic heterocycles. The summed E-state index contributed by atoms with van der Waals surface area (Å²) in [6.45, 7) is 5.76. The molecule has 0 aromatic heterocycles. The highest BCUT2D eigenvalue weighted by Gasteiger charge is 2.70. The van der Waals surface area contributed by atoms with E-state index in [2.05, 4.69) is 19.2 Å². The zero-order valence-corrected chi connectivity index (χ0v) is 14.0. The largest absolute Gasteiger partial charge is 0.377 e. The Morgan fingerprint density at radius 3 is 2.57 bits per heavy atom.